The number of nitrogens with one attached hydrogen (secondary N) is 1. The van der Waals surface area contributed by atoms with Crippen molar-refractivity contribution in [3.05, 3.63) is 74.5 Å². The van der Waals surface area contributed by atoms with Crippen molar-refractivity contribution in [1.82, 2.24) is 20.2 Å². The molecular formula is C19H17BrN6O5. The van der Waals surface area contributed by atoms with Crippen molar-refractivity contribution >= 4 is 34.0 Å². The molecule has 0 fully saturated rings. The second-order valence-electron chi connectivity index (χ2n) is 6.11. The number of halogens is 1. The van der Waals surface area contributed by atoms with Crippen LogP contribution in [0.3, 0.4) is 0 Å². The quantitative estimate of drug-likeness (QED) is 0.277. The van der Waals surface area contributed by atoms with Crippen LogP contribution in [0.15, 0.2) is 58.4 Å². The van der Waals surface area contributed by atoms with E-state index in [9.17, 15) is 14.9 Å². The minimum atomic E-state index is -0.667. The zero-order chi connectivity index (χ0) is 22.2. The Labute approximate surface area is 185 Å². The number of hydrazone groups is 1. The predicted octanol–water partition coefficient (Wildman–Crippen LogP) is 2.53. The number of methoxy groups -OCH3 is 1. The zero-order valence-corrected chi connectivity index (χ0v) is 17.9. The van der Waals surface area contributed by atoms with Gasteiger partial charge in [0.2, 0.25) is 6.33 Å². The maximum atomic E-state index is 11.9. The Morgan fingerprint density at radius 1 is 1.35 bits per heavy atom. The smallest absolute Gasteiger partial charge is 0.490 e. The van der Waals surface area contributed by atoms with Crippen LogP contribution in [0, 0.1) is 10.1 Å². The summed E-state index contributed by atoms with van der Waals surface area (Å²) in [4.78, 5) is 25.6. The lowest BCUT2D eigenvalue weighted by molar-refractivity contribution is -0.394. The van der Waals surface area contributed by atoms with Crippen molar-refractivity contribution < 1.29 is 19.2 Å². The van der Waals surface area contributed by atoms with Crippen LogP contribution in [0.1, 0.15) is 11.1 Å². The van der Waals surface area contributed by atoms with Gasteiger partial charge in [0.05, 0.1) is 19.9 Å². The van der Waals surface area contributed by atoms with Crippen molar-refractivity contribution in [2.45, 2.75) is 6.54 Å². The fraction of sp³-hybridized carbons (Fsp3) is 0.158. The van der Waals surface area contributed by atoms with Crippen LogP contribution >= 0.6 is 15.9 Å². The third-order valence-electron chi connectivity index (χ3n) is 3.89. The van der Waals surface area contributed by atoms with E-state index in [4.69, 9.17) is 9.47 Å². The van der Waals surface area contributed by atoms with Crippen molar-refractivity contribution in [2.24, 2.45) is 5.10 Å². The van der Waals surface area contributed by atoms with Crippen LogP contribution < -0.4 is 14.9 Å². The first-order valence-electron chi connectivity index (χ1n) is 8.85. The molecular weight excluding hydrogens is 472 g/mol. The standard InChI is InChI=1S/C19H17BrN6O5/c1-30-17-6-5-13(7-14(17)10-25-12-21-19(24-25)26(28)29)9-22-23-18(27)11-31-16-4-2-3-15(20)8-16/h2-9,12H,10-11H2,1H3,(H,23,27)/b22-9-. The van der Waals surface area contributed by atoms with Gasteiger partial charge in [0, 0.05) is 15.1 Å². The van der Waals surface area contributed by atoms with E-state index in [2.05, 4.69) is 36.5 Å². The van der Waals surface area contributed by atoms with E-state index in [0.29, 0.717) is 22.6 Å². The molecule has 2 aromatic carbocycles. The molecule has 160 valence electrons. The molecule has 0 aliphatic carbocycles. The minimum Gasteiger partial charge on any atom is -0.496 e. The molecule has 3 aromatic rings. The monoisotopic (exact) mass is 488 g/mol. The van der Waals surface area contributed by atoms with E-state index < -0.39 is 16.8 Å². The number of ether oxygens (including phenoxy) is 2. The SMILES string of the molecule is COc1ccc(/C=N\NC(=O)COc2cccc(Br)c2)cc1Cn1cnc([N+](=O)[O-])n1. The molecule has 0 atom stereocenters. The molecule has 1 amide bonds. The Morgan fingerprint density at radius 2 is 2.19 bits per heavy atom. The van der Waals surface area contributed by atoms with Gasteiger partial charge in [0.15, 0.2) is 6.61 Å². The molecule has 1 heterocycles. The molecule has 3 rings (SSSR count). The van der Waals surface area contributed by atoms with Crippen molar-refractivity contribution in [3.8, 4) is 11.5 Å². The number of benzene rings is 2. The number of hydrogen-bond acceptors (Lipinski definition) is 8. The Hall–Kier alpha value is -3.80. The van der Waals surface area contributed by atoms with Gasteiger partial charge in [-0.1, -0.05) is 27.0 Å². The van der Waals surface area contributed by atoms with Crippen LogP contribution in [-0.2, 0) is 11.3 Å². The molecule has 0 unspecified atom stereocenters. The third kappa shape index (κ3) is 6.34. The van der Waals surface area contributed by atoms with Gasteiger partial charge in [0.1, 0.15) is 11.5 Å². The third-order valence-corrected chi connectivity index (χ3v) is 4.39. The summed E-state index contributed by atoms with van der Waals surface area (Å²) in [5, 5.41) is 18.5. The van der Waals surface area contributed by atoms with Crippen molar-refractivity contribution in [2.75, 3.05) is 13.7 Å². The molecule has 0 saturated heterocycles. The lowest BCUT2D eigenvalue weighted by Gasteiger charge is -2.08. The predicted molar refractivity (Wildman–Crippen MR) is 114 cm³/mol. The molecule has 31 heavy (non-hydrogen) atoms. The fourth-order valence-electron chi connectivity index (χ4n) is 2.54. The Balaban J connectivity index is 1.60. The Morgan fingerprint density at radius 3 is 2.90 bits per heavy atom. The number of nitro groups is 1. The highest BCUT2D eigenvalue weighted by molar-refractivity contribution is 9.10. The first-order chi connectivity index (χ1) is 14.9. The number of carbonyl (C=O) groups excluding carboxylic acids is 1. The Bertz CT molecular complexity index is 1120. The number of rotatable bonds is 9. The van der Waals surface area contributed by atoms with Crippen LogP contribution in [0.25, 0.3) is 0 Å². The maximum absolute atomic E-state index is 11.9. The number of nitrogens with zero attached hydrogens (tertiary/aromatic N) is 5. The summed E-state index contributed by atoms with van der Waals surface area (Å²) in [5.74, 6) is 0.229. The van der Waals surface area contributed by atoms with E-state index in [0.717, 1.165) is 4.47 Å². The van der Waals surface area contributed by atoms with Gasteiger partial charge in [-0.2, -0.15) is 9.78 Å². The normalized spacial score (nSPS) is 10.8. The Kier molecular flexibility index (Phi) is 7.27. The summed E-state index contributed by atoms with van der Waals surface area (Å²) in [6, 6.07) is 12.4. The van der Waals surface area contributed by atoms with Gasteiger partial charge < -0.3 is 19.6 Å². The minimum absolute atomic E-state index is 0.188. The summed E-state index contributed by atoms with van der Waals surface area (Å²) in [6.07, 6.45) is 2.73. The number of aromatic nitrogens is 3. The van der Waals surface area contributed by atoms with Crippen LogP contribution in [-0.4, -0.2) is 45.5 Å². The molecule has 0 radical (unpaired) electrons. The number of carbonyl (C=O) groups is 1. The molecule has 0 aliphatic rings. The van der Waals surface area contributed by atoms with E-state index >= 15 is 0 Å². The summed E-state index contributed by atoms with van der Waals surface area (Å²) < 4.78 is 12.9. The van der Waals surface area contributed by atoms with Gasteiger partial charge in [0.25, 0.3) is 5.91 Å². The van der Waals surface area contributed by atoms with E-state index in [1.165, 1.54) is 24.3 Å². The van der Waals surface area contributed by atoms with Crippen molar-refractivity contribution in [3.63, 3.8) is 0 Å². The highest BCUT2D eigenvalue weighted by atomic mass is 79.9. The molecule has 0 bridgehead atoms. The zero-order valence-electron chi connectivity index (χ0n) is 16.3. The molecule has 0 saturated carbocycles. The average Bonchev–Trinajstić information content (AvgIpc) is 3.21. The molecule has 11 nitrogen and oxygen atoms in total. The molecule has 1 N–H and O–H groups in total. The van der Waals surface area contributed by atoms with Gasteiger partial charge in [-0.3, -0.25) is 4.79 Å². The second kappa shape index (κ2) is 10.3. The maximum Gasteiger partial charge on any atom is 0.490 e. The highest BCUT2D eigenvalue weighted by Crippen LogP contribution is 2.21. The van der Waals surface area contributed by atoms with Gasteiger partial charge in [-0.05, 0) is 46.9 Å². The second-order valence-corrected chi connectivity index (χ2v) is 7.03. The van der Waals surface area contributed by atoms with Crippen molar-refractivity contribution in [1.29, 1.82) is 0 Å². The van der Waals surface area contributed by atoms with E-state index in [1.54, 1.807) is 36.4 Å². The van der Waals surface area contributed by atoms with Crippen LogP contribution in [0.2, 0.25) is 0 Å². The van der Waals surface area contributed by atoms with Gasteiger partial charge >= 0.3 is 5.95 Å². The fourth-order valence-corrected chi connectivity index (χ4v) is 2.92. The number of hydrogen-bond donors (Lipinski definition) is 1. The summed E-state index contributed by atoms with van der Waals surface area (Å²) in [6.45, 7) is 0.0191. The lowest BCUT2D eigenvalue weighted by Crippen LogP contribution is -2.24. The molecule has 0 spiro atoms. The average molecular weight is 489 g/mol. The topological polar surface area (TPSA) is 134 Å². The van der Waals surface area contributed by atoms with E-state index in [1.807, 2.05) is 6.07 Å². The summed E-state index contributed by atoms with van der Waals surface area (Å²) in [5.41, 5.74) is 3.77. The molecule has 0 aliphatic heterocycles. The first kappa shape index (κ1) is 21.9. The molecule has 1 aromatic heterocycles. The summed E-state index contributed by atoms with van der Waals surface area (Å²) in [7, 11) is 1.52. The first-order valence-corrected chi connectivity index (χ1v) is 9.65. The number of amides is 1. The van der Waals surface area contributed by atoms with Crippen LogP contribution in [0.5, 0.6) is 11.5 Å². The van der Waals surface area contributed by atoms with Gasteiger partial charge in [-0.25, -0.2) is 5.43 Å². The summed E-state index contributed by atoms with van der Waals surface area (Å²) >= 11 is 3.33. The van der Waals surface area contributed by atoms with E-state index in [-0.39, 0.29) is 13.2 Å². The van der Waals surface area contributed by atoms with Gasteiger partial charge in [-0.15, -0.1) is 0 Å². The largest absolute Gasteiger partial charge is 0.496 e. The van der Waals surface area contributed by atoms with Crippen LogP contribution in [0.4, 0.5) is 5.95 Å². The highest BCUT2D eigenvalue weighted by Gasteiger charge is 2.15. The lowest BCUT2D eigenvalue weighted by atomic mass is 10.1. The molecule has 12 heteroatoms.